The molecule has 1 heterocycles. The van der Waals surface area contributed by atoms with Crippen molar-refractivity contribution in [2.24, 2.45) is 10.2 Å². The standard InChI is InChI=1S/C32H27N7O2/c1-3-37(4-2)28-14-11-27(12-15-28)33-34-30-16-10-25(20-32(30)39(40)41)31-21-38(36-35-31)29-13-9-24-17-22-7-5-6-8-23(22)18-26(24)19-29/h5-21H,3-4H2,1-2H3. The maximum absolute atomic E-state index is 11.9. The molecule has 0 amide bonds. The number of fused-ring (bicyclic) bond motifs is 2. The van der Waals surface area contributed by atoms with Crippen molar-refractivity contribution in [2.75, 3.05) is 18.0 Å². The highest BCUT2D eigenvalue weighted by molar-refractivity contribution is 5.98. The average Bonchev–Trinajstić information content (AvgIpc) is 3.50. The van der Waals surface area contributed by atoms with Gasteiger partial charge in [0.25, 0.3) is 5.69 Å². The van der Waals surface area contributed by atoms with Crippen LogP contribution in [0.2, 0.25) is 0 Å². The lowest BCUT2D eigenvalue weighted by molar-refractivity contribution is -0.384. The third-order valence-corrected chi connectivity index (χ3v) is 7.17. The second-order valence-electron chi connectivity index (χ2n) is 9.63. The van der Waals surface area contributed by atoms with Crippen molar-refractivity contribution in [1.82, 2.24) is 15.0 Å². The fourth-order valence-corrected chi connectivity index (χ4v) is 4.94. The number of nitro groups is 1. The van der Waals surface area contributed by atoms with E-state index in [1.807, 2.05) is 42.5 Å². The molecule has 0 bridgehead atoms. The average molecular weight is 542 g/mol. The van der Waals surface area contributed by atoms with Crippen LogP contribution in [0.4, 0.5) is 22.7 Å². The molecule has 0 unspecified atom stereocenters. The van der Waals surface area contributed by atoms with Crippen LogP contribution in [0, 0.1) is 10.1 Å². The number of nitro benzene ring substituents is 1. The summed E-state index contributed by atoms with van der Waals surface area (Å²) in [5.74, 6) is 0. The molecule has 0 aliphatic rings. The second-order valence-corrected chi connectivity index (χ2v) is 9.63. The SMILES string of the molecule is CCN(CC)c1ccc(N=Nc2ccc(-c3cn(-c4ccc5cc6ccccc6cc5c4)nn3)cc2[N+](=O)[O-])cc1. The Balaban J connectivity index is 1.26. The first-order chi connectivity index (χ1) is 20.0. The van der Waals surface area contributed by atoms with Gasteiger partial charge in [0.05, 0.1) is 22.5 Å². The molecule has 0 atom stereocenters. The summed E-state index contributed by atoms with van der Waals surface area (Å²) < 4.78 is 1.67. The minimum atomic E-state index is -0.459. The van der Waals surface area contributed by atoms with E-state index in [1.165, 1.54) is 11.5 Å². The summed E-state index contributed by atoms with van der Waals surface area (Å²) in [6.45, 7) is 6.02. The van der Waals surface area contributed by atoms with Crippen molar-refractivity contribution in [3.63, 3.8) is 0 Å². The van der Waals surface area contributed by atoms with Crippen LogP contribution < -0.4 is 4.90 Å². The molecule has 202 valence electrons. The van der Waals surface area contributed by atoms with Crippen molar-refractivity contribution in [1.29, 1.82) is 0 Å². The summed E-state index contributed by atoms with van der Waals surface area (Å²) >= 11 is 0. The fourth-order valence-electron chi connectivity index (χ4n) is 4.94. The molecule has 0 aliphatic carbocycles. The number of hydrogen-bond donors (Lipinski definition) is 0. The molecule has 5 aromatic carbocycles. The van der Waals surface area contributed by atoms with Crippen LogP contribution in [0.3, 0.4) is 0 Å². The monoisotopic (exact) mass is 541 g/mol. The lowest BCUT2D eigenvalue weighted by Crippen LogP contribution is -2.21. The first kappa shape index (κ1) is 25.8. The highest BCUT2D eigenvalue weighted by Gasteiger charge is 2.17. The Morgan fingerprint density at radius 1 is 0.805 bits per heavy atom. The topological polar surface area (TPSA) is 102 Å². The Morgan fingerprint density at radius 2 is 1.51 bits per heavy atom. The predicted molar refractivity (Wildman–Crippen MR) is 163 cm³/mol. The van der Waals surface area contributed by atoms with Gasteiger partial charge in [-0.3, -0.25) is 10.1 Å². The third-order valence-electron chi connectivity index (χ3n) is 7.17. The Bertz CT molecular complexity index is 1910. The van der Waals surface area contributed by atoms with Gasteiger partial charge in [0, 0.05) is 30.4 Å². The quantitative estimate of drug-likeness (QED) is 0.0833. The van der Waals surface area contributed by atoms with Crippen molar-refractivity contribution in [3.05, 3.63) is 113 Å². The van der Waals surface area contributed by atoms with E-state index >= 15 is 0 Å². The zero-order valence-corrected chi connectivity index (χ0v) is 22.7. The van der Waals surface area contributed by atoms with Crippen LogP contribution >= 0.6 is 0 Å². The zero-order chi connectivity index (χ0) is 28.3. The molecule has 0 radical (unpaired) electrons. The highest BCUT2D eigenvalue weighted by atomic mass is 16.6. The minimum Gasteiger partial charge on any atom is -0.372 e. The van der Waals surface area contributed by atoms with Gasteiger partial charge >= 0.3 is 0 Å². The van der Waals surface area contributed by atoms with Gasteiger partial charge in [-0.15, -0.1) is 10.2 Å². The zero-order valence-electron chi connectivity index (χ0n) is 22.7. The minimum absolute atomic E-state index is 0.154. The highest BCUT2D eigenvalue weighted by Crippen LogP contribution is 2.34. The summed E-state index contributed by atoms with van der Waals surface area (Å²) in [4.78, 5) is 13.7. The second kappa shape index (κ2) is 11.0. The Labute approximate surface area is 236 Å². The molecule has 6 aromatic rings. The molecular formula is C32H27N7O2. The van der Waals surface area contributed by atoms with E-state index in [2.05, 4.69) is 75.7 Å². The van der Waals surface area contributed by atoms with Crippen LogP contribution in [-0.4, -0.2) is 33.0 Å². The van der Waals surface area contributed by atoms with E-state index in [-0.39, 0.29) is 11.4 Å². The smallest absolute Gasteiger partial charge is 0.297 e. The third kappa shape index (κ3) is 5.25. The van der Waals surface area contributed by atoms with Crippen molar-refractivity contribution in [2.45, 2.75) is 13.8 Å². The summed E-state index contributed by atoms with van der Waals surface area (Å²) in [7, 11) is 0. The summed E-state index contributed by atoms with van der Waals surface area (Å²) in [6.07, 6.45) is 1.76. The fraction of sp³-hybridized carbons (Fsp3) is 0.125. The maximum Gasteiger partial charge on any atom is 0.297 e. The first-order valence-electron chi connectivity index (χ1n) is 13.4. The van der Waals surface area contributed by atoms with Crippen LogP contribution in [0.1, 0.15) is 13.8 Å². The molecule has 0 fully saturated rings. The number of anilines is 1. The molecule has 0 N–H and O–H groups in total. The summed E-state index contributed by atoms with van der Waals surface area (Å²) in [5, 5.41) is 33.5. The van der Waals surface area contributed by atoms with Crippen molar-refractivity contribution in [3.8, 4) is 16.9 Å². The Kier molecular flexibility index (Phi) is 6.91. The van der Waals surface area contributed by atoms with Crippen molar-refractivity contribution >= 4 is 44.3 Å². The number of hydrogen-bond acceptors (Lipinski definition) is 7. The van der Waals surface area contributed by atoms with E-state index in [9.17, 15) is 10.1 Å². The molecule has 9 heteroatoms. The number of azo groups is 1. The molecule has 9 nitrogen and oxygen atoms in total. The van der Waals surface area contributed by atoms with E-state index < -0.39 is 4.92 Å². The van der Waals surface area contributed by atoms with Gasteiger partial charge in [-0.2, -0.15) is 5.11 Å². The van der Waals surface area contributed by atoms with E-state index in [0.29, 0.717) is 16.9 Å². The molecular weight excluding hydrogens is 514 g/mol. The van der Waals surface area contributed by atoms with Gasteiger partial charge in [0.1, 0.15) is 5.69 Å². The molecule has 1 aromatic heterocycles. The molecule has 0 saturated carbocycles. The van der Waals surface area contributed by atoms with Gasteiger partial charge in [0.15, 0.2) is 5.69 Å². The largest absolute Gasteiger partial charge is 0.372 e. The lowest BCUT2D eigenvalue weighted by Gasteiger charge is -2.20. The Hall–Kier alpha value is -5.44. The van der Waals surface area contributed by atoms with Gasteiger partial charge in [-0.05, 0) is 96.1 Å². The lowest BCUT2D eigenvalue weighted by atomic mass is 10.0. The van der Waals surface area contributed by atoms with Crippen LogP contribution in [-0.2, 0) is 0 Å². The number of nitrogens with zero attached hydrogens (tertiary/aromatic N) is 7. The summed E-state index contributed by atoms with van der Waals surface area (Å²) in [5.41, 5.74) is 3.65. The van der Waals surface area contributed by atoms with Crippen LogP contribution in [0.15, 0.2) is 113 Å². The normalized spacial score (nSPS) is 11.5. The molecule has 41 heavy (non-hydrogen) atoms. The van der Waals surface area contributed by atoms with Gasteiger partial charge in [0.2, 0.25) is 0 Å². The van der Waals surface area contributed by atoms with Gasteiger partial charge in [-0.25, -0.2) is 4.68 Å². The first-order valence-corrected chi connectivity index (χ1v) is 13.4. The van der Waals surface area contributed by atoms with Crippen LogP contribution in [0.25, 0.3) is 38.5 Å². The Morgan fingerprint density at radius 3 is 2.22 bits per heavy atom. The maximum atomic E-state index is 11.9. The number of rotatable bonds is 8. The number of benzene rings is 5. The molecule has 0 saturated heterocycles. The molecule has 0 spiro atoms. The predicted octanol–water partition coefficient (Wildman–Crippen LogP) is 8.41. The number of aromatic nitrogens is 3. The van der Waals surface area contributed by atoms with E-state index in [0.717, 1.165) is 40.6 Å². The van der Waals surface area contributed by atoms with Gasteiger partial charge < -0.3 is 4.90 Å². The van der Waals surface area contributed by atoms with Crippen molar-refractivity contribution < 1.29 is 4.92 Å². The molecule has 6 rings (SSSR count). The van der Waals surface area contributed by atoms with Crippen LogP contribution in [0.5, 0.6) is 0 Å². The van der Waals surface area contributed by atoms with E-state index in [1.54, 1.807) is 23.0 Å². The molecule has 0 aliphatic heterocycles. The van der Waals surface area contributed by atoms with E-state index in [4.69, 9.17) is 0 Å². The summed E-state index contributed by atoms with van der Waals surface area (Å²) in [6, 6.07) is 31.1. The van der Waals surface area contributed by atoms with Gasteiger partial charge in [-0.1, -0.05) is 35.5 Å².